The van der Waals surface area contributed by atoms with Crippen LogP contribution in [0.5, 0.6) is 0 Å². The maximum atomic E-state index is 11.8. The number of carbonyl (C=O) groups excluding carboxylic acids is 1. The zero-order chi connectivity index (χ0) is 12.4. The van der Waals surface area contributed by atoms with Crippen molar-refractivity contribution in [3.8, 4) is 0 Å². The monoisotopic (exact) mass is 253 g/mol. The first-order valence-electron chi connectivity index (χ1n) is 5.64. The zero-order valence-corrected chi connectivity index (χ0v) is 10.4. The predicted octanol–water partition coefficient (Wildman–Crippen LogP) is 0.992. The number of nitrogens with one attached hydrogen (secondary N) is 1. The number of halogens is 1. The maximum absolute atomic E-state index is 11.8. The maximum Gasteiger partial charge on any atom is 0.244 e. The molecule has 5 heteroatoms. The van der Waals surface area contributed by atoms with Crippen molar-refractivity contribution in [2.24, 2.45) is 5.73 Å². The van der Waals surface area contributed by atoms with E-state index >= 15 is 0 Å². The molecule has 1 aliphatic heterocycles. The van der Waals surface area contributed by atoms with Crippen LogP contribution in [0, 0.1) is 0 Å². The lowest BCUT2D eigenvalue weighted by Crippen LogP contribution is -2.61. The third-order valence-electron chi connectivity index (χ3n) is 2.90. The Balaban J connectivity index is 2.30. The van der Waals surface area contributed by atoms with Gasteiger partial charge in [0.05, 0.1) is 0 Å². The van der Waals surface area contributed by atoms with Gasteiger partial charge >= 0.3 is 0 Å². The van der Waals surface area contributed by atoms with E-state index in [0.717, 1.165) is 12.2 Å². The molecule has 2 rings (SSSR count). The molecular formula is C12H16ClN3O. The first kappa shape index (κ1) is 12.2. The molecule has 1 saturated heterocycles. The van der Waals surface area contributed by atoms with Gasteiger partial charge in [0, 0.05) is 29.8 Å². The molecule has 0 bridgehead atoms. The van der Waals surface area contributed by atoms with Crippen LogP contribution >= 0.6 is 11.6 Å². The van der Waals surface area contributed by atoms with Crippen LogP contribution in [0.1, 0.15) is 6.92 Å². The minimum Gasteiger partial charge on any atom is -0.356 e. The minimum absolute atomic E-state index is 0.0220. The van der Waals surface area contributed by atoms with E-state index < -0.39 is 0 Å². The molecule has 1 aromatic rings. The van der Waals surface area contributed by atoms with Crippen LogP contribution in [0.25, 0.3) is 0 Å². The Kier molecular flexibility index (Phi) is 3.54. The largest absolute Gasteiger partial charge is 0.356 e. The molecule has 0 radical (unpaired) electrons. The first-order valence-corrected chi connectivity index (χ1v) is 6.02. The number of amides is 1. The van der Waals surface area contributed by atoms with Crippen molar-refractivity contribution in [1.29, 1.82) is 0 Å². The van der Waals surface area contributed by atoms with Gasteiger partial charge in [-0.2, -0.15) is 0 Å². The van der Waals surface area contributed by atoms with Crippen LogP contribution < -0.4 is 16.0 Å². The number of hydrogen-bond acceptors (Lipinski definition) is 3. The Hall–Kier alpha value is -1.26. The summed E-state index contributed by atoms with van der Waals surface area (Å²) in [5, 5.41) is 3.56. The van der Waals surface area contributed by atoms with Crippen LogP contribution in [-0.2, 0) is 4.79 Å². The summed E-state index contributed by atoms with van der Waals surface area (Å²) in [6, 6.07) is 7.29. The summed E-state index contributed by atoms with van der Waals surface area (Å²) >= 11 is 5.97. The molecule has 1 heterocycles. The molecule has 0 aromatic heterocycles. The van der Waals surface area contributed by atoms with Crippen molar-refractivity contribution in [3.05, 3.63) is 29.3 Å². The number of nitrogens with zero attached hydrogens (tertiary/aromatic N) is 1. The molecule has 17 heavy (non-hydrogen) atoms. The summed E-state index contributed by atoms with van der Waals surface area (Å²) in [7, 11) is 0. The fourth-order valence-corrected chi connectivity index (χ4v) is 2.31. The van der Waals surface area contributed by atoms with E-state index in [0.29, 0.717) is 11.6 Å². The zero-order valence-electron chi connectivity index (χ0n) is 9.69. The number of benzene rings is 1. The van der Waals surface area contributed by atoms with Crippen molar-refractivity contribution < 1.29 is 4.79 Å². The molecular weight excluding hydrogens is 238 g/mol. The lowest BCUT2D eigenvalue weighted by atomic mass is 10.1. The third kappa shape index (κ3) is 2.53. The Morgan fingerprint density at radius 3 is 3.00 bits per heavy atom. The van der Waals surface area contributed by atoms with Gasteiger partial charge in [0.2, 0.25) is 5.91 Å². The lowest BCUT2D eigenvalue weighted by Gasteiger charge is -2.39. The van der Waals surface area contributed by atoms with Crippen molar-refractivity contribution in [2.75, 3.05) is 18.0 Å². The number of piperazine rings is 1. The van der Waals surface area contributed by atoms with Gasteiger partial charge in [-0.1, -0.05) is 17.7 Å². The van der Waals surface area contributed by atoms with Crippen LogP contribution in [-0.4, -0.2) is 31.1 Å². The van der Waals surface area contributed by atoms with E-state index in [1.54, 1.807) is 0 Å². The average Bonchev–Trinajstić information content (AvgIpc) is 2.28. The average molecular weight is 254 g/mol. The Morgan fingerprint density at radius 2 is 2.35 bits per heavy atom. The lowest BCUT2D eigenvalue weighted by molar-refractivity contribution is -0.123. The third-order valence-corrected chi connectivity index (χ3v) is 3.14. The molecule has 4 nitrogen and oxygen atoms in total. The van der Waals surface area contributed by atoms with Crippen LogP contribution in [0.3, 0.4) is 0 Å². The van der Waals surface area contributed by atoms with Gasteiger partial charge in [0.1, 0.15) is 6.04 Å². The summed E-state index contributed by atoms with van der Waals surface area (Å²) in [6.07, 6.45) is 0. The summed E-state index contributed by atoms with van der Waals surface area (Å²) in [5.74, 6) is -0.0220. The fraction of sp³-hybridized carbons (Fsp3) is 0.417. The molecule has 0 spiro atoms. The molecule has 1 aromatic carbocycles. The molecule has 0 aliphatic carbocycles. The second kappa shape index (κ2) is 4.94. The highest BCUT2D eigenvalue weighted by Gasteiger charge is 2.31. The van der Waals surface area contributed by atoms with Crippen molar-refractivity contribution in [2.45, 2.75) is 19.0 Å². The van der Waals surface area contributed by atoms with E-state index in [4.69, 9.17) is 17.3 Å². The van der Waals surface area contributed by atoms with E-state index in [2.05, 4.69) is 5.32 Å². The second-order valence-electron chi connectivity index (χ2n) is 4.29. The van der Waals surface area contributed by atoms with E-state index in [1.165, 1.54) is 0 Å². The SMILES string of the molecule is CC1CN(c2cccc(Cl)c2)C(CN)C(=O)N1. The molecule has 92 valence electrons. The Labute approximate surface area is 106 Å². The van der Waals surface area contributed by atoms with E-state index in [-0.39, 0.29) is 18.0 Å². The van der Waals surface area contributed by atoms with Crippen LogP contribution in [0.15, 0.2) is 24.3 Å². The second-order valence-corrected chi connectivity index (χ2v) is 4.73. The van der Waals surface area contributed by atoms with Crippen LogP contribution in [0.2, 0.25) is 5.02 Å². The Morgan fingerprint density at radius 1 is 1.59 bits per heavy atom. The topological polar surface area (TPSA) is 58.4 Å². The van der Waals surface area contributed by atoms with Gasteiger partial charge < -0.3 is 16.0 Å². The summed E-state index contributed by atoms with van der Waals surface area (Å²) in [4.78, 5) is 13.8. The highest BCUT2D eigenvalue weighted by atomic mass is 35.5. The molecule has 1 aliphatic rings. The van der Waals surface area contributed by atoms with E-state index in [1.807, 2.05) is 36.1 Å². The normalized spacial score (nSPS) is 24.6. The number of anilines is 1. The first-order chi connectivity index (χ1) is 8.11. The predicted molar refractivity (Wildman–Crippen MR) is 69.2 cm³/mol. The van der Waals surface area contributed by atoms with Gasteiger partial charge in [-0.25, -0.2) is 0 Å². The molecule has 0 saturated carbocycles. The van der Waals surface area contributed by atoms with Crippen LogP contribution in [0.4, 0.5) is 5.69 Å². The molecule has 3 N–H and O–H groups in total. The smallest absolute Gasteiger partial charge is 0.244 e. The van der Waals surface area contributed by atoms with Gasteiger partial charge in [-0.3, -0.25) is 4.79 Å². The Bertz CT molecular complexity index is 424. The quantitative estimate of drug-likeness (QED) is 0.827. The van der Waals surface area contributed by atoms with Gasteiger partial charge in [-0.15, -0.1) is 0 Å². The van der Waals surface area contributed by atoms with Gasteiger partial charge in [0.15, 0.2) is 0 Å². The fourth-order valence-electron chi connectivity index (χ4n) is 2.12. The summed E-state index contributed by atoms with van der Waals surface area (Å²) in [6.45, 7) is 3.02. The molecule has 2 atom stereocenters. The molecule has 1 fully saturated rings. The number of nitrogens with two attached hydrogens (primary N) is 1. The summed E-state index contributed by atoms with van der Waals surface area (Å²) < 4.78 is 0. The number of carbonyl (C=O) groups is 1. The van der Waals surface area contributed by atoms with Crippen molar-refractivity contribution >= 4 is 23.2 Å². The van der Waals surface area contributed by atoms with Crippen molar-refractivity contribution in [1.82, 2.24) is 5.32 Å². The number of rotatable bonds is 2. The highest BCUT2D eigenvalue weighted by molar-refractivity contribution is 6.30. The summed E-state index contributed by atoms with van der Waals surface area (Å²) in [5.41, 5.74) is 6.61. The minimum atomic E-state index is -0.315. The highest BCUT2D eigenvalue weighted by Crippen LogP contribution is 2.23. The standard InChI is InChI=1S/C12H16ClN3O/c1-8-7-16(11(6-14)12(17)15-8)10-4-2-3-9(13)5-10/h2-5,8,11H,6-7,14H2,1H3,(H,15,17). The van der Waals surface area contributed by atoms with Gasteiger partial charge in [0.25, 0.3) is 0 Å². The molecule has 2 unspecified atom stereocenters. The molecule has 1 amide bonds. The van der Waals surface area contributed by atoms with E-state index in [9.17, 15) is 4.79 Å². The van der Waals surface area contributed by atoms with Gasteiger partial charge in [-0.05, 0) is 25.1 Å². The van der Waals surface area contributed by atoms with Crippen molar-refractivity contribution in [3.63, 3.8) is 0 Å². The number of hydrogen-bond donors (Lipinski definition) is 2.